The third-order valence-corrected chi connectivity index (χ3v) is 3.76. The quantitative estimate of drug-likeness (QED) is 0.886. The second kappa shape index (κ2) is 5.11. The Balaban J connectivity index is 2.15. The molecule has 1 aromatic carbocycles. The van der Waals surface area contributed by atoms with Crippen LogP contribution in [0.3, 0.4) is 0 Å². The van der Waals surface area contributed by atoms with Crippen LogP contribution in [0.15, 0.2) is 12.1 Å². The summed E-state index contributed by atoms with van der Waals surface area (Å²) in [6.45, 7) is 4.84. The first-order chi connectivity index (χ1) is 8.93. The number of carbonyl (C=O) groups is 1. The van der Waals surface area contributed by atoms with Crippen molar-refractivity contribution in [3.63, 3.8) is 0 Å². The van der Waals surface area contributed by atoms with E-state index in [-0.39, 0.29) is 11.8 Å². The Hall–Kier alpha value is -1.71. The second-order valence-electron chi connectivity index (χ2n) is 5.46. The van der Waals surface area contributed by atoms with Gasteiger partial charge in [0, 0.05) is 13.6 Å². The van der Waals surface area contributed by atoms with Crippen molar-refractivity contribution in [3.05, 3.63) is 23.3 Å². The van der Waals surface area contributed by atoms with Crippen LogP contribution in [0, 0.1) is 25.7 Å². The minimum Gasteiger partial charge on any atom is -0.494 e. The van der Waals surface area contributed by atoms with Gasteiger partial charge in [-0.25, -0.2) is 0 Å². The zero-order valence-electron chi connectivity index (χ0n) is 11.9. The van der Waals surface area contributed by atoms with Crippen LogP contribution in [-0.4, -0.2) is 31.8 Å². The predicted molar refractivity (Wildman–Crippen MR) is 75.0 cm³/mol. The normalized spacial score (nSPS) is 21.1. The molecule has 1 aliphatic rings. The minimum atomic E-state index is -0.675. The van der Waals surface area contributed by atoms with Gasteiger partial charge < -0.3 is 14.7 Å². The van der Waals surface area contributed by atoms with Gasteiger partial charge >= 0.3 is 5.97 Å². The number of ether oxygens (including phenoxy) is 1. The number of aryl methyl sites for hydroxylation is 2. The Bertz CT molecular complexity index is 498. The number of hydrogen-bond donors (Lipinski definition) is 1. The molecule has 2 unspecified atom stereocenters. The van der Waals surface area contributed by atoms with Crippen molar-refractivity contribution in [1.29, 1.82) is 0 Å². The molecule has 1 fully saturated rings. The molecular formula is C15H21NO3. The standard InChI is InChI=1S/C15H21NO3/c1-9-5-10(2)14(19-4)13(6-9)16(3)8-11-7-12(11)15(17)18/h5-6,11-12H,7-8H2,1-4H3,(H,17,18). The van der Waals surface area contributed by atoms with Crippen molar-refractivity contribution in [2.75, 3.05) is 25.6 Å². The summed E-state index contributed by atoms with van der Waals surface area (Å²) < 4.78 is 5.47. The molecule has 0 saturated heterocycles. The monoisotopic (exact) mass is 263 g/mol. The van der Waals surface area contributed by atoms with Gasteiger partial charge in [-0.3, -0.25) is 4.79 Å². The first-order valence-electron chi connectivity index (χ1n) is 6.53. The molecule has 4 nitrogen and oxygen atoms in total. The third-order valence-electron chi connectivity index (χ3n) is 3.76. The number of hydrogen-bond acceptors (Lipinski definition) is 3. The summed E-state index contributed by atoms with van der Waals surface area (Å²) in [7, 11) is 3.67. The lowest BCUT2D eigenvalue weighted by atomic mass is 10.1. The lowest BCUT2D eigenvalue weighted by molar-refractivity contribution is -0.138. The van der Waals surface area contributed by atoms with Gasteiger partial charge in [0.1, 0.15) is 5.75 Å². The molecule has 4 heteroatoms. The smallest absolute Gasteiger partial charge is 0.306 e. The Morgan fingerprint density at radius 1 is 1.47 bits per heavy atom. The molecule has 19 heavy (non-hydrogen) atoms. The van der Waals surface area contributed by atoms with Gasteiger partial charge in [-0.15, -0.1) is 0 Å². The molecule has 0 radical (unpaired) electrons. The summed E-state index contributed by atoms with van der Waals surface area (Å²) >= 11 is 0. The van der Waals surface area contributed by atoms with Gasteiger partial charge in [0.25, 0.3) is 0 Å². The molecule has 0 spiro atoms. The summed E-state index contributed by atoms with van der Waals surface area (Å²) in [5.41, 5.74) is 3.33. The largest absolute Gasteiger partial charge is 0.494 e. The third kappa shape index (κ3) is 2.83. The number of carboxylic acid groups (broad SMARTS) is 1. The van der Waals surface area contributed by atoms with Gasteiger partial charge in [-0.05, 0) is 43.4 Å². The van der Waals surface area contributed by atoms with Crippen molar-refractivity contribution in [1.82, 2.24) is 0 Å². The van der Waals surface area contributed by atoms with Crippen molar-refractivity contribution >= 4 is 11.7 Å². The van der Waals surface area contributed by atoms with E-state index in [2.05, 4.69) is 24.0 Å². The maximum absolute atomic E-state index is 10.9. The summed E-state index contributed by atoms with van der Waals surface area (Å²) in [4.78, 5) is 13.0. The Labute approximate surface area is 114 Å². The molecule has 0 amide bonds. The van der Waals surface area contributed by atoms with Crippen molar-refractivity contribution in [2.45, 2.75) is 20.3 Å². The molecule has 0 aromatic heterocycles. The van der Waals surface area contributed by atoms with E-state index in [1.54, 1.807) is 7.11 Å². The molecule has 0 aliphatic heterocycles. The van der Waals surface area contributed by atoms with Gasteiger partial charge in [0.15, 0.2) is 0 Å². The SMILES string of the molecule is COc1c(C)cc(C)cc1N(C)CC1CC1C(=O)O. The molecule has 1 aliphatic carbocycles. The van der Waals surface area contributed by atoms with Gasteiger partial charge in [0.05, 0.1) is 18.7 Å². The number of carboxylic acids is 1. The predicted octanol–water partition coefficient (Wildman–Crippen LogP) is 2.47. The number of rotatable bonds is 5. The van der Waals surface area contributed by atoms with E-state index >= 15 is 0 Å². The topological polar surface area (TPSA) is 49.8 Å². The maximum Gasteiger partial charge on any atom is 0.306 e. The van der Waals surface area contributed by atoms with E-state index in [4.69, 9.17) is 9.84 Å². The van der Waals surface area contributed by atoms with E-state index in [0.717, 1.165) is 30.0 Å². The van der Waals surface area contributed by atoms with E-state index in [9.17, 15) is 4.79 Å². The first kappa shape index (κ1) is 13.7. The van der Waals surface area contributed by atoms with Crippen molar-refractivity contribution in [2.24, 2.45) is 11.8 Å². The zero-order chi connectivity index (χ0) is 14.2. The number of benzene rings is 1. The van der Waals surface area contributed by atoms with Gasteiger partial charge in [-0.2, -0.15) is 0 Å². The molecule has 104 valence electrons. The molecule has 1 aromatic rings. The highest BCUT2D eigenvalue weighted by Gasteiger charge is 2.43. The number of nitrogens with zero attached hydrogens (tertiary/aromatic N) is 1. The zero-order valence-corrected chi connectivity index (χ0v) is 11.9. The van der Waals surface area contributed by atoms with E-state index in [1.807, 2.05) is 14.0 Å². The molecule has 1 N–H and O–H groups in total. The number of anilines is 1. The molecular weight excluding hydrogens is 242 g/mol. The van der Waals surface area contributed by atoms with Crippen LogP contribution >= 0.6 is 0 Å². The second-order valence-corrected chi connectivity index (χ2v) is 5.46. The highest BCUT2D eigenvalue weighted by Crippen LogP contribution is 2.41. The first-order valence-corrected chi connectivity index (χ1v) is 6.53. The molecule has 2 atom stereocenters. The summed E-state index contributed by atoms with van der Waals surface area (Å²) in [6.07, 6.45) is 0.785. The Morgan fingerprint density at radius 2 is 2.16 bits per heavy atom. The lowest BCUT2D eigenvalue weighted by Gasteiger charge is -2.23. The molecule has 0 heterocycles. The maximum atomic E-state index is 10.9. The highest BCUT2D eigenvalue weighted by molar-refractivity contribution is 5.73. The number of aliphatic carboxylic acids is 1. The van der Waals surface area contributed by atoms with Crippen LogP contribution in [0.1, 0.15) is 17.5 Å². The van der Waals surface area contributed by atoms with Crippen LogP contribution in [0.25, 0.3) is 0 Å². The van der Waals surface area contributed by atoms with Crippen LogP contribution in [0.4, 0.5) is 5.69 Å². The Morgan fingerprint density at radius 3 is 2.68 bits per heavy atom. The molecule has 0 bridgehead atoms. The fourth-order valence-corrected chi connectivity index (χ4v) is 2.68. The van der Waals surface area contributed by atoms with Gasteiger partial charge in [-0.1, -0.05) is 6.07 Å². The molecule has 2 rings (SSSR count). The fraction of sp³-hybridized carbons (Fsp3) is 0.533. The van der Waals surface area contributed by atoms with Crippen LogP contribution in [-0.2, 0) is 4.79 Å². The van der Waals surface area contributed by atoms with Crippen LogP contribution < -0.4 is 9.64 Å². The van der Waals surface area contributed by atoms with E-state index < -0.39 is 5.97 Å². The van der Waals surface area contributed by atoms with Crippen molar-refractivity contribution in [3.8, 4) is 5.75 Å². The van der Waals surface area contributed by atoms with Gasteiger partial charge in [0.2, 0.25) is 0 Å². The Kier molecular flexibility index (Phi) is 3.69. The lowest BCUT2D eigenvalue weighted by Crippen LogP contribution is -2.22. The van der Waals surface area contributed by atoms with Crippen molar-refractivity contribution < 1.29 is 14.6 Å². The highest BCUT2D eigenvalue weighted by atomic mass is 16.5. The van der Waals surface area contributed by atoms with E-state index in [0.29, 0.717) is 0 Å². The summed E-state index contributed by atoms with van der Waals surface area (Å²) in [5.74, 6) is 0.291. The number of methoxy groups -OCH3 is 1. The van der Waals surface area contributed by atoms with Crippen LogP contribution in [0.5, 0.6) is 5.75 Å². The molecule has 1 saturated carbocycles. The summed E-state index contributed by atoms with van der Waals surface area (Å²) in [6, 6.07) is 4.18. The average molecular weight is 263 g/mol. The van der Waals surface area contributed by atoms with Crippen LogP contribution in [0.2, 0.25) is 0 Å². The average Bonchev–Trinajstić information content (AvgIpc) is 3.07. The summed E-state index contributed by atoms with van der Waals surface area (Å²) in [5, 5.41) is 8.95. The minimum absolute atomic E-state index is 0.167. The van der Waals surface area contributed by atoms with E-state index in [1.165, 1.54) is 5.56 Å². The fourth-order valence-electron chi connectivity index (χ4n) is 2.68.